The maximum Gasteiger partial charge on any atom is 0.162 e. The highest BCUT2D eigenvalue weighted by Gasteiger charge is 2.22. The van der Waals surface area contributed by atoms with Crippen LogP contribution in [-0.4, -0.2) is 12.9 Å². The maximum atomic E-state index is 12.5. The maximum absolute atomic E-state index is 12.5. The summed E-state index contributed by atoms with van der Waals surface area (Å²) < 4.78 is 5.15. The van der Waals surface area contributed by atoms with Crippen molar-refractivity contribution in [2.24, 2.45) is 5.92 Å². The Kier molecular flexibility index (Phi) is 4.99. The number of nitrogens with one attached hydrogen (secondary N) is 1. The Hall–Kier alpha value is -2.29. The number of ether oxygens (including phenoxy) is 1. The molecule has 0 aromatic heterocycles. The number of anilines is 1. The van der Waals surface area contributed by atoms with Gasteiger partial charge < -0.3 is 10.1 Å². The molecule has 1 N–H and O–H groups in total. The molecule has 0 saturated carbocycles. The van der Waals surface area contributed by atoms with E-state index in [0.717, 1.165) is 17.0 Å². The third kappa shape index (κ3) is 3.85. The predicted octanol–water partition coefficient (Wildman–Crippen LogP) is 4.07. The van der Waals surface area contributed by atoms with Crippen molar-refractivity contribution in [3.8, 4) is 5.75 Å². The summed E-state index contributed by atoms with van der Waals surface area (Å²) in [7, 11) is 1.64. The van der Waals surface area contributed by atoms with Crippen molar-refractivity contribution >= 4 is 11.5 Å². The molecule has 0 aliphatic carbocycles. The van der Waals surface area contributed by atoms with E-state index in [9.17, 15) is 4.79 Å². The van der Waals surface area contributed by atoms with Crippen LogP contribution in [0.25, 0.3) is 0 Å². The third-order valence-corrected chi connectivity index (χ3v) is 3.39. The number of carbonyl (C=O) groups excluding carboxylic acids is 1. The molecule has 0 aliphatic heterocycles. The van der Waals surface area contributed by atoms with Gasteiger partial charge in [-0.05, 0) is 29.8 Å². The van der Waals surface area contributed by atoms with E-state index in [0.29, 0.717) is 0 Å². The zero-order chi connectivity index (χ0) is 15.2. The quantitative estimate of drug-likeness (QED) is 0.868. The molecule has 3 heteroatoms. The fraction of sp³-hybridized carbons (Fsp3) is 0.278. The Balaban J connectivity index is 2.25. The molecule has 0 fully saturated rings. The molecule has 1 unspecified atom stereocenters. The number of ketones is 1. The smallest absolute Gasteiger partial charge is 0.162 e. The molecule has 0 saturated heterocycles. The number of benzene rings is 2. The summed E-state index contributed by atoms with van der Waals surface area (Å²) in [6.45, 7) is 3.85. The summed E-state index contributed by atoms with van der Waals surface area (Å²) in [5, 5.41) is 3.32. The Morgan fingerprint density at radius 1 is 1.00 bits per heavy atom. The van der Waals surface area contributed by atoms with Crippen LogP contribution in [0, 0.1) is 5.92 Å². The minimum absolute atomic E-state index is 0.0269. The highest BCUT2D eigenvalue weighted by molar-refractivity contribution is 5.89. The van der Waals surface area contributed by atoms with E-state index in [2.05, 4.69) is 5.32 Å². The van der Waals surface area contributed by atoms with Crippen molar-refractivity contribution in [2.75, 3.05) is 12.4 Å². The van der Waals surface area contributed by atoms with E-state index in [-0.39, 0.29) is 17.7 Å². The number of methoxy groups -OCH3 is 1. The summed E-state index contributed by atoms with van der Waals surface area (Å²) in [4.78, 5) is 12.5. The summed E-state index contributed by atoms with van der Waals surface area (Å²) in [6, 6.07) is 17.1. The van der Waals surface area contributed by atoms with Crippen LogP contribution in [0.5, 0.6) is 5.75 Å². The highest BCUT2D eigenvalue weighted by Crippen LogP contribution is 2.24. The van der Waals surface area contributed by atoms with Crippen LogP contribution in [0.2, 0.25) is 0 Å². The zero-order valence-electron chi connectivity index (χ0n) is 12.7. The van der Waals surface area contributed by atoms with Gasteiger partial charge in [0.25, 0.3) is 0 Å². The van der Waals surface area contributed by atoms with Gasteiger partial charge in [0.2, 0.25) is 0 Å². The molecule has 0 amide bonds. The minimum atomic E-state index is -0.334. The molecule has 3 nitrogen and oxygen atoms in total. The van der Waals surface area contributed by atoms with Gasteiger partial charge in [0.1, 0.15) is 11.8 Å². The number of hydrogen-bond donors (Lipinski definition) is 1. The van der Waals surface area contributed by atoms with Crippen molar-refractivity contribution in [3.63, 3.8) is 0 Å². The standard InChI is InChI=1S/C18H21NO2/c1-13(2)18(20)17(14-7-5-4-6-8-14)19-15-9-11-16(21-3)12-10-15/h4-13,17,19H,1-3H3. The molecular weight excluding hydrogens is 262 g/mol. The first-order valence-electron chi connectivity index (χ1n) is 7.11. The lowest BCUT2D eigenvalue weighted by Gasteiger charge is -2.21. The molecular formula is C18H21NO2. The van der Waals surface area contributed by atoms with Crippen LogP contribution in [-0.2, 0) is 4.79 Å². The van der Waals surface area contributed by atoms with E-state index in [4.69, 9.17) is 4.74 Å². The Labute approximate surface area is 126 Å². The van der Waals surface area contributed by atoms with Crippen molar-refractivity contribution in [3.05, 3.63) is 60.2 Å². The second-order valence-corrected chi connectivity index (χ2v) is 5.27. The molecule has 2 aromatic rings. The van der Waals surface area contributed by atoms with Gasteiger partial charge in [0.05, 0.1) is 7.11 Å². The van der Waals surface area contributed by atoms with Gasteiger partial charge in [0, 0.05) is 11.6 Å². The Morgan fingerprint density at radius 2 is 1.62 bits per heavy atom. The van der Waals surface area contributed by atoms with Crippen LogP contribution in [0.15, 0.2) is 54.6 Å². The van der Waals surface area contributed by atoms with Crippen LogP contribution in [0.1, 0.15) is 25.5 Å². The lowest BCUT2D eigenvalue weighted by Crippen LogP contribution is -2.24. The highest BCUT2D eigenvalue weighted by atomic mass is 16.5. The first-order chi connectivity index (χ1) is 10.1. The van der Waals surface area contributed by atoms with E-state index in [1.807, 2.05) is 68.4 Å². The summed E-state index contributed by atoms with van der Waals surface area (Å²) in [6.07, 6.45) is 0. The van der Waals surface area contributed by atoms with Crippen molar-refractivity contribution in [2.45, 2.75) is 19.9 Å². The number of carbonyl (C=O) groups is 1. The molecule has 0 spiro atoms. The van der Waals surface area contributed by atoms with E-state index >= 15 is 0 Å². The third-order valence-electron chi connectivity index (χ3n) is 3.39. The van der Waals surface area contributed by atoms with Gasteiger partial charge in [-0.25, -0.2) is 0 Å². The van der Waals surface area contributed by atoms with Crippen molar-refractivity contribution in [1.29, 1.82) is 0 Å². The van der Waals surface area contributed by atoms with Gasteiger partial charge in [-0.2, -0.15) is 0 Å². The molecule has 110 valence electrons. The Morgan fingerprint density at radius 3 is 2.14 bits per heavy atom. The van der Waals surface area contributed by atoms with Crippen LogP contribution in [0.4, 0.5) is 5.69 Å². The fourth-order valence-corrected chi connectivity index (χ4v) is 2.15. The van der Waals surface area contributed by atoms with Crippen LogP contribution >= 0.6 is 0 Å². The van der Waals surface area contributed by atoms with Gasteiger partial charge in [0.15, 0.2) is 5.78 Å². The lowest BCUT2D eigenvalue weighted by molar-refractivity contribution is -0.122. The minimum Gasteiger partial charge on any atom is -0.497 e. The fourth-order valence-electron chi connectivity index (χ4n) is 2.15. The number of Topliss-reactive ketones (excluding diaryl/α,β-unsaturated/α-hetero) is 1. The molecule has 0 heterocycles. The summed E-state index contributed by atoms with van der Waals surface area (Å²) in [5.74, 6) is 0.949. The average Bonchev–Trinajstić information content (AvgIpc) is 2.53. The lowest BCUT2D eigenvalue weighted by atomic mass is 9.95. The SMILES string of the molecule is COc1ccc(NC(C(=O)C(C)C)c2ccccc2)cc1. The molecule has 1 atom stereocenters. The zero-order valence-corrected chi connectivity index (χ0v) is 12.7. The Bertz CT molecular complexity index is 576. The summed E-state index contributed by atoms with van der Waals surface area (Å²) in [5.41, 5.74) is 1.88. The van der Waals surface area contributed by atoms with Crippen molar-refractivity contribution < 1.29 is 9.53 Å². The van der Waals surface area contributed by atoms with Gasteiger partial charge in [-0.15, -0.1) is 0 Å². The molecule has 0 aliphatic rings. The van der Waals surface area contributed by atoms with Crippen LogP contribution < -0.4 is 10.1 Å². The molecule has 21 heavy (non-hydrogen) atoms. The second-order valence-electron chi connectivity index (χ2n) is 5.27. The van der Waals surface area contributed by atoms with E-state index in [1.165, 1.54) is 0 Å². The van der Waals surface area contributed by atoms with Crippen molar-refractivity contribution in [1.82, 2.24) is 0 Å². The van der Waals surface area contributed by atoms with Gasteiger partial charge in [-0.3, -0.25) is 4.79 Å². The second kappa shape index (κ2) is 6.93. The largest absolute Gasteiger partial charge is 0.497 e. The topological polar surface area (TPSA) is 38.3 Å². The first-order valence-corrected chi connectivity index (χ1v) is 7.11. The monoisotopic (exact) mass is 283 g/mol. The van der Waals surface area contributed by atoms with E-state index < -0.39 is 0 Å². The molecule has 2 aromatic carbocycles. The summed E-state index contributed by atoms with van der Waals surface area (Å²) >= 11 is 0. The van der Waals surface area contributed by atoms with Gasteiger partial charge in [-0.1, -0.05) is 44.2 Å². The van der Waals surface area contributed by atoms with Gasteiger partial charge >= 0.3 is 0 Å². The molecule has 2 rings (SSSR count). The normalized spacial score (nSPS) is 12.0. The van der Waals surface area contributed by atoms with E-state index in [1.54, 1.807) is 7.11 Å². The predicted molar refractivity (Wildman–Crippen MR) is 85.6 cm³/mol. The van der Waals surface area contributed by atoms with Crippen LogP contribution in [0.3, 0.4) is 0 Å². The number of hydrogen-bond acceptors (Lipinski definition) is 3. The molecule has 0 bridgehead atoms. The molecule has 0 radical (unpaired) electrons. The average molecular weight is 283 g/mol. The first kappa shape index (κ1) is 15.1. The number of rotatable bonds is 6.